The molecule has 0 bridgehead atoms. The molecular weight excluding hydrogens is 405 g/mol. The van der Waals surface area contributed by atoms with Gasteiger partial charge in [0.05, 0.1) is 10.8 Å². The zero-order valence-corrected chi connectivity index (χ0v) is 17.7. The summed E-state index contributed by atoms with van der Waals surface area (Å²) in [4.78, 5) is 14.9. The topological polar surface area (TPSA) is 83.7 Å². The van der Waals surface area contributed by atoms with E-state index in [-0.39, 0.29) is 41.7 Å². The molecule has 2 aliphatic heterocycles. The van der Waals surface area contributed by atoms with Crippen molar-refractivity contribution < 1.29 is 17.6 Å². The van der Waals surface area contributed by atoms with Crippen LogP contribution in [0.3, 0.4) is 0 Å². The lowest BCUT2D eigenvalue weighted by Crippen LogP contribution is -2.50. The Bertz CT molecular complexity index is 773. The van der Waals surface area contributed by atoms with Gasteiger partial charge in [-0.05, 0) is 62.8 Å². The lowest BCUT2D eigenvalue weighted by Gasteiger charge is -2.39. The largest absolute Gasteiger partial charge is 0.342 e. The van der Waals surface area contributed by atoms with Crippen molar-refractivity contribution in [3.05, 3.63) is 30.1 Å². The van der Waals surface area contributed by atoms with Crippen LogP contribution in [0.1, 0.15) is 32.6 Å². The number of nitrogens with two attached hydrogens (primary N) is 1. The number of carbonyl (C=O) groups excluding carboxylic acids is 1. The molecule has 2 aliphatic rings. The minimum absolute atomic E-state index is 0. The second-order valence-corrected chi connectivity index (χ2v) is 9.64. The molecule has 1 amide bonds. The number of carbonyl (C=O) groups is 1. The lowest BCUT2D eigenvalue weighted by atomic mass is 9.90. The maximum Gasteiger partial charge on any atom is 0.243 e. The van der Waals surface area contributed by atoms with E-state index in [4.69, 9.17) is 5.73 Å². The fourth-order valence-corrected chi connectivity index (χ4v) is 5.54. The van der Waals surface area contributed by atoms with Crippen LogP contribution >= 0.6 is 12.4 Å². The molecular formula is C19H29ClFN3O3S. The molecule has 3 rings (SSSR count). The monoisotopic (exact) mass is 433 g/mol. The van der Waals surface area contributed by atoms with E-state index < -0.39 is 15.8 Å². The fraction of sp³-hybridized carbons (Fsp3) is 0.632. The molecule has 9 heteroatoms. The number of amides is 1. The van der Waals surface area contributed by atoms with Crippen LogP contribution in [0.2, 0.25) is 0 Å². The Morgan fingerprint density at radius 3 is 2.43 bits per heavy atom. The van der Waals surface area contributed by atoms with E-state index in [9.17, 15) is 17.6 Å². The van der Waals surface area contributed by atoms with Gasteiger partial charge in [-0.15, -0.1) is 12.4 Å². The van der Waals surface area contributed by atoms with Crippen LogP contribution in [0.4, 0.5) is 4.39 Å². The van der Waals surface area contributed by atoms with Crippen LogP contribution in [0.25, 0.3) is 0 Å². The first-order valence-corrected chi connectivity index (χ1v) is 11.0. The molecule has 0 saturated carbocycles. The molecule has 2 saturated heterocycles. The number of rotatable bonds is 4. The molecule has 28 heavy (non-hydrogen) atoms. The molecule has 3 unspecified atom stereocenters. The lowest BCUT2D eigenvalue weighted by molar-refractivity contribution is -0.138. The van der Waals surface area contributed by atoms with Gasteiger partial charge in [0, 0.05) is 32.2 Å². The number of nitrogens with zero attached hydrogens (tertiary/aromatic N) is 2. The Kier molecular flexibility index (Phi) is 7.84. The van der Waals surface area contributed by atoms with Crippen molar-refractivity contribution >= 4 is 28.3 Å². The predicted octanol–water partition coefficient (Wildman–Crippen LogP) is 2.23. The maximum atomic E-state index is 13.1. The molecule has 0 aliphatic carbocycles. The fourth-order valence-electron chi connectivity index (χ4n) is 4.02. The third-order valence-corrected chi connectivity index (χ3v) is 7.58. The Labute approximate surface area is 172 Å². The quantitative estimate of drug-likeness (QED) is 0.789. The van der Waals surface area contributed by atoms with Crippen LogP contribution in [0.5, 0.6) is 0 Å². The Hall–Kier alpha value is -1.22. The molecule has 6 nitrogen and oxygen atoms in total. The van der Waals surface area contributed by atoms with Crippen LogP contribution in [-0.4, -0.2) is 55.8 Å². The Balaban J connectivity index is 0.00000280. The number of benzene rings is 1. The Morgan fingerprint density at radius 1 is 1.14 bits per heavy atom. The van der Waals surface area contributed by atoms with Gasteiger partial charge >= 0.3 is 0 Å². The second kappa shape index (κ2) is 9.52. The summed E-state index contributed by atoms with van der Waals surface area (Å²) in [7, 11) is -3.72. The van der Waals surface area contributed by atoms with Crippen LogP contribution < -0.4 is 5.73 Å². The summed E-state index contributed by atoms with van der Waals surface area (Å²) in [6.07, 6.45) is 3.29. The van der Waals surface area contributed by atoms with Gasteiger partial charge in [0.15, 0.2) is 0 Å². The van der Waals surface area contributed by atoms with Crippen molar-refractivity contribution in [2.75, 3.05) is 26.2 Å². The number of halogens is 2. The second-order valence-electron chi connectivity index (χ2n) is 7.70. The first-order valence-electron chi connectivity index (χ1n) is 9.59. The van der Waals surface area contributed by atoms with Crippen molar-refractivity contribution in [3.63, 3.8) is 0 Å². The van der Waals surface area contributed by atoms with Gasteiger partial charge in [-0.25, -0.2) is 12.8 Å². The molecule has 1 aromatic carbocycles. The summed E-state index contributed by atoms with van der Waals surface area (Å²) in [5.41, 5.74) is 6.01. The Morgan fingerprint density at radius 2 is 1.79 bits per heavy atom. The average molecular weight is 434 g/mol. The van der Waals surface area contributed by atoms with E-state index in [1.54, 1.807) is 0 Å². The maximum absolute atomic E-state index is 13.1. The summed E-state index contributed by atoms with van der Waals surface area (Å²) in [6.45, 7) is 3.89. The highest BCUT2D eigenvalue weighted by atomic mass is 35.5. The van der Waals surface area contributed by atoms with Crippen molar-refractivity contribution in [2.24, 2.45) is 17.6 Å². The van der Waals surface area contributed by atoms with E-state index in [1.165, 1.54) is 16.4 Å². The molecule has 158 valence electrons. The summed E-state index contributed by atoms with van der Waals surface area (Å²) >= 11 is 0. The van der Waals surface area contributed by atoms with E-state index in [0.717, 1.165) is 25.0 Å². The molecule has 0 radical (unpaired) electrons. The van der Waals surface area contributed by atoms with Crippen molar-refractivity contribution in [1.29, 1.82) is 0 Å². The van der Waals surface area contributed by atoms with Crippen LogP contribution in [-0.2, 0) is 14.8 Å². The molecule has 2 heterocycles. The number of hydrogen-bond acceptors (Lipinski definition) is 4. The van der Waals surface area contributed by atoms with Crippen LogP contribution in [0, 0.1) is 17.7 Å². The molecule has 3 atom stereocenters. The van der Waals surface area contributed by atoms with Gasteiger partial charge in [-0.2, -0.15) is 4.31 Å². The van der Waals surface area contributed by atoms with Crippen molar-refractivity contribution in [2.45, 2.75) is 43.5 Å². The minimum atomic E-state index is -3.72. The standard InChI is InChI=1S/C19H28FN3O3S.ClH/c1-14(21)15-4-2-10-22(12-15)19(24)16-5-3-11-23(13-16)27(25,26)18-8-6-17(20)7-9-18;/h6-9,14-16H,2-5,10-13,21H2,1H3;1H. The van der Waals surface area contributed by atoms with E-state index in [2.05, 4.69) is 0 Å². The number of hydrogen-bond donors (Lipinski definition) is 1. The summed E-state index contributed by atoms with van der Waals surface area (Å²) in [5, 5.41) is 0. The zero-order chi connectivity index (χ0) is 19.6. The van der Waals surface area contributed by atoms with Gasteiger partial charge in [-0.1, -0.05) is 0 Å². The number of sulfonamides is 1. The van der Waals surface area contributed by atoms with Gasteiger partial charge in [0.25, 0.3) is 0 Å². The molecule has 2 N–H and O–H groups in total. The number of likely N-dealkylation sites (tertiary alicyclic amines) is 1. The summed E-state index contributed by atoms with van der Waals surface area (Å²) in [5.74, 6) is -0.486. The van der Waals surface area contributed by atoms with Crippen LogP contribution in [0.15, 0.2) is 29.2 Å². The first-order chi connectivity index (χ1) is 12.8. The smallest absolute Gasteiger partial charge is 0.243 e. The van der Waals surface area contributed by atoms with Gasteiger partial charge < -0.3 is 10.6 Å². The summed E-state index contributed by atoms with van der Waals surface area (Å²) in [6, 6.07) is 4.87. The van der Waals surface area contributed by atoms with E-state index >= 15 is 0 Å². The SMILES string of the molecule is CC(N)C1CCCN(C(=O)C2CCCN(S(=O)(=O)c3ccc(F)cc3)C2)C1.Cl. The third-order valence-electron chi connectivity index (χ3n) is 5.70. The van der Waals surface area contributed by atoms with E-state index in [1.807, 2.05) is 11.8 Å². The van der Waals surface area contributed by atoms with Gasteiger partial charge in [0.1, 0.15) is 5.82 Å². The summed E-state index contributed by atoms with van der Waals surface area (Å²) < 4.78 is 40.2. The molecule has 0 aromatic heterocycles. The van der Waals surface area contributed by atoms with E-state index in [0.29, 0.717) is 38.4 Å². The highest BCUT2D eigenvalue weighted by Gasteiger charge is 2.36. The van der Waals surface area contributed by atoms with Crippen molar-refractivity contribution in [1.82, 2.24) is 9.21 Å². The molecule has 0 spiro atoms. The van der Waals surface area contributed by atoms with Gasteiger partial charge in [-0.3, -0.25) is 4.79 Å². The highest BCUT2D eigenvalue weighted by molar-refractivity contribution is 7.89. The number of piperidine rings is 2. The zero-order valence-electron chi connectivity index (χ0n) is 16.1. The molecule has 2 fully saturated rings. The third kappa shape index (κ3) is 5.03. The minimum Gasteiger partial charge on any atom is -0.342 e. The van der Waals surface area contributed by atoms with Crippen molar-refractivity contribution in [3.8, 4) is 0 Å². The normalized spacial score (nSPS) is 25.0. The molecule has 1 aromatic rings. The highest BCUT2D eigenvalue weighted by Crippen LogP contribution is 2.27. The predicted molar refractivity (Wildman–Crippen MR) is 108 cm³/mol. The average Bonchev–Trinajstić information content (AvgIpc) is 2.68. The van der Waals surface area contributed by atoms with Gasteiger partial charge in [0.2, 0.25) is 15.9 Å². The first kappa shape index (κ1) is 23.1.